The lowest BCUT2D eigenvalue weighted by atomic mass is 10.0. The van der Waals surface area contributed by atoms with E-state index in [-0.39, 0.29) is 29.3 Å². The fourth-order valence-corrected chi connectivity index (χ4v) is 6.86. The second-order valence-electron chi connectivity index (χ2n) is 9.18. The summed E-state index contributed by atoms with van der Waals surface area (Å²) in [7, 11) is -3.15. The van der Waals surface area contributed by atoms with Gasteiger partial charge in [-0.2, -0.15) is 5.10 Å². The number of aromatic nitrogens is 3. The number of nitrogens with zero attached hydrogens (tertiary/aromatic N) is 4. The molecule has 0 N–H and O–H groups in total. The lowest BCUT2D eigenvalue weighted by molar-refractivity contribution is 0.0991. The van der Waals surface area contributed by atoms with Crippen molar-refractivity contribution < 1.29 is 17.6 Å². The highest BCUT2D eigenvalue weighted by Gasteiger charge is 2.34. The maximum Gasteiger partial charge on any atom is 0.259 e. The van der Waals surface area contributed by atoms with Crippen molar-refractivity contribution in [1.29, 1.82) is 0 Å². The maximum atomic E-state index is 14.0. The zero-order valence-electron chi connectivity index (χ0n) is 19.1. The van der Waals surface area contributed by atoms with E-state index in [1.807, 2.05) is 31.2 Å². The number of aryl methyl sites for hydroxylation is 1. The maximum absolute atomic E-state index is 14.0. The molecule has 1 unspecified atom stereocenters. The molecule has 2 aromatic heterocycles. The zero-order chi connectivity index (χ0) is 24.3. The van der Waals surface area contributed by atoms with Crippen molar-refractivity contribution in [2.24, 2.45) is 0 Å². The van der Waals surface area contributed by atoms with Crippen LogP contribution in [-0.4, -0.2) is 47.1 Å². The van der Waals surface area contributed by atoms with Crippen LogP contribution in [0.2, 0.25) is 0 Å². The number of benzene rings is 2. The highest BCUT2D eigenvalue weighted by Crippen LogP contribution is 2.35. The number of amides is 1. The van der Waals surface area contributed by atoms with Gasteiger partial charge in [0.1, 0.15) is 5.82 Å². The Morgan fingerprint density at radius 1 is 1.11 bits per heavy atom. The Hall–Kier alpha value is -3.59. The molecule has 6 rings (SSSR count). The number of carbonyl (C=O) groups excluding carboxylic acids is 1. The highest BCUT2D eigenvalue weighted by atomic mass is 32.2. The van der Waals surface area contributed by atoms with E-state index in [0.717, 1.165) is 17.7 Å². The normalized spacial score (nSPS) is 18.8. The van der Waals surface area contributed by atoms with Gasteiger partial charge in [0, 0.05) is 17.8 Å². The standard InChI is InChI=1S/C26H23FN4O3S/c1-16-24-21(26(32)30-12-10-18-4-2-3-5-23(18)30)14-22(17-6-8-19(27)9-7-17)28-25(24)31(29-16)20-11-13-35(33,34)15-20/h2-9,14,20H,10-13,15H2,1H3. The molecule has 4 heterocycles. The number of sulfone groups is 1. The molecule has 1 saturated heterocycles. The van der Waals surface area contributed by atoms with E-state index in [4.69, 9.17) is 4.98 Å². The first-order valence-electron chi connectivity index (χ1n) is 11.6. The number of halogens is 1. The van der Waals surface area contributed by atoms with Crippen LogP contribution in [0.3, 0.4) is 0 Å². The third-order valence-corrected chi connectivity index (χ3v) is 8.64. The van der Waals surface area contributed by atoms with Gasteiger partial charge >= 0.3 is 0 Å². The molecule has 2 aromatic carbocycles. The first-order valence-corrected chi connectivity index (χ1v) is 13.4. The zero-order valence-corrected chi connectivity index (χ0v) is 19.9. The third-order valence-electron chi connectivity index (χ3n) is 6.89. The van der Waals surface area contributed by atoms with E-state index < -0.39 is 9.84 Å². The number of anilines is 1. The average Bonchev–Trinajstić information content (AvgIpc) is 3.53. The van der Waals surface area contributed by atoms with Crippen molar-refractivity contribution in [3.05, 3.63) is 77.2 Å². The minimum absolute atomic E-state index is 0.00550. The van der Waals surface area contributed by atoms with Crippen LogP contribution in [0.25, 0.3) is 22.3 Å². The number of carbonyl (C=O) groups is 1. The first kappa shape index (κ1) is 21.9. The molecule has 7 nitrogen and oxygen atoms in total. The van der Waals surface area contributed by atoms with E-state index in [1.165, 1.54) is 12.1 Å². The average molecular weight is 491 g/mol. The lowest BCUT2D eigenvalue weighted by Gasteiger charge is -2.19. The van der Waals surface area contributed by atoms with E-state index in [0.29, 0.717) is 46.5 Å². The topological polar surface area (TPSA) is 85.2 Å². The number of hydrogen-bond donors (Lipinski definition) is 0. The van der Waals surface area contributed by atoms with Gasteiger partial charge in [-0.25, -0.2) is 22.5 Å². The molecule has 178 valence electrons. The van der Waals surface area contributed by atoms with Gasteiger partial charge in [0.05, 0.1) is 39.9 Å². The molecular formula is C26H23FN4O3S. The lowest BCUT2D eigenvalue weighted by Crippen LogP contribution is -2.29. The minimum atomic E-state index is -3.15. The van der Waals surface area contributed by atoms with Crippen molar-refractivity contribution in [2.45, 2.75) is 25.8 Å². The Kier molecular flexibility index (Phi) is 5.00. The van der Waals surface area contributed by atoms with E-state index in [9.17, 15) is 17.6 Å². The number of rotatable bonds is 3. The van der Waals surface area contributed by atoms with Crippen LogP contribution >= 0.6 is 0 Å². The van der Waals surface area contributed by atoms with Gasteiger partial charge in [0.15, 0.2) is 15.5 Å². The predicted molar refractivity (Wildman–Crippen MR) is 132 cm³/mol. The van der Waals surface area contributed by atoms with Crippen LogP contribution < -0.4 is 4.90 Å². The molecule has 2 aliphatic rings. The highest BCUT2D eigenvalue weighted by molar-refractivity contribution is 7.91. The molecule has 35 heavy (non-hydrogen) atoms. The molecule has 0 spiro atoms. The predicted octanol–water partition coefficient (Wildman–Crippen LogP) is 4.11. The summed E-state index contributed by atoms with van der Waals surface area (Å²) in [6, 6.07) is 15.2. The summed E-state index contributed by atoms with van der Waals surface area (Å²) in [5.41, 5.74) is 4.73. The van der Waals surface area contributed by atoms with E-state index in [1.54, 1.807) is 27.8 Å². The third kappa shape index (κ3) is 3.70. The molecule has 4 aromatic rings. The fourth-order valence-electron chi connectivity index (χ4n) is 5.17. The van der Waals surface area contributed by atoms with Crippen molar-refractivity contribution >= 4 is 32.5 Å². The van der Waals surface area contributed by atoms with Gasteiger partial charge in [-0.15, -0.1) is 0 Å². The van der Waals surface area contributed by atoms with Crippen LogP contribution in [0.4, 0.5) is 10.1 Å². The minimum Gasteiger partial charge on any atom is -0.308 e. The van der Waals surface area contributed by atoms with Crippen LogP contribution in [0.5, 0.6) is 0 Å². The summed E-state index contributed by atoms with van der Waals surface area (Å²) >= 11 is 0. The van der Waals surface area contributed by atoms with Gasteiger partial charge in [-0.3, -0.25) is 4.79 Å². The van der Waals surface area contributed by atoms with Gasteiger partial charge in [-0.1, -0.05) is 18.2 Å². The van der Waals surface area contributed by atoms with Gasteiger partial charge in [-0.05, 0) is 61.7 Å². The summed E-state index contributed by atoms with van der Waals surface area (Å²) in [5, 5.41) is 5.28. The summed E-state index contributed by atoms with van der Waals surface area (Å²) in [5.74, 6) is -0.426. The summed E-state index contributed by atoms with van der Waals surface area (Å²) in [4.78, 5) is 20.5. The van der Waals surface area contributed by atoms with Crippen LogP contribution in [0.1, 0.15) is 34.1 Å². The van der Waals surface area contributed by atoms with E-state index in [2.05, 4.69) is 5.10 Å². The number of fused-ring (bicyclic) bond motifs is 2. The summed E-state index contributed by atoms with van der Waals surface area (Å²) in [6.45, 7) is 2.39. The Balaban J connectivity index is 1.55. The molecule has 0 saturated carbocycles. The van der Waals surface area contributed by atoms with Crippen LogP contribution in [0, 0.1) is 12.7 Å². The molecule has 0 aliphatic carbocycles. The molecule has 0 radical (unpaired) electrons. The second-order valence-corrected chi connectivity index (χ2v) is 11.4. The molecule has 9 heteroatoms. The Morgan fingerprint density at radius 2 is 1.89 bits per heavy atom. The smallest absolute Gasteiger partial charge is 0.259 e. The van der Waals surface area contributed by atoms with Gasteiger partial charge < -0.3 is 4.90 Å². The molecular weight excluding hydrogens is 467 g/mol. The number of hydrogen-bond acceptors (Lipinski definition) is 5. The Bertz CT molecular complexity index is 1600. The van der Waals surface area contributed by atoms with Crippen molar-refractivity contribution in [2.75, 3.05) is 23.0 Å². The summed E-state index contributed by atoms with van der Waals surface area (Å²) in [6.07, 6.45) is 1.23. The molecule has 1 fully saturated rings. The van der Waals surface area contributed by atoms with Gasteiger partial charge in [0.2, 0.25) is 0 Å². The van der Waals surface area contributed by atoms with Gasteiger partial charge in [0.25, 0.3) is 5.91 Å². The molecule has 1 atom stereocenters. The fraction of sp³-hybridized carbons (Fsp3) is 0.269. The molecule has 2 aliphatic heterocycles. The first-order chi connectivity index (χ1) is 16.8. The monoisotopic (exact) mass is 490 g/mol. The SMILES string of the molecule is Cc1nn(C2CCS(=O)(=O)C2)c2nc(-c3ccc(F)cc3)cc(C(=O)N3CCc4ccccc43)c12. The largest absolute Gasteiger partial charge is 0.308 e. The summed E-state index contributed by atoms with van der Waals surface area (Å²) < 4.78 is 39.6. The van der Waals surface area contributed by atoms with E-state index >= 15 is 0 Å². The molecule has 1 amide bonds. The number of para-hydroxylation sites is 1. The Labute approximate surface area is 202 Å². The van der Waals surface area contributed by atoms with Crippen LogP contribution in [-0.2, 0) is 16.3 Å². The van der Waals surface area contributed by atoms with Crippen molar-refractivity contribution in [3.8, 4) is 11.3 Å². The van der Waals surface area contributed by atoms with Crippen molar-refractivity contribution in [3.63, 3.8) is 0 Å². The van der Waals surface area contributed by atoms with Crippen molar-refractivity contribution in [1.82, 2.24) is 14.8 Å². The molecule has 0 bridgehead atoms. The Morgan fingerprint density at radius 3 is 2.63 bits per heavy atom. The second kappa shape index (κ2) is 7.98. The number of pyridine rings is 1. The quantitative estimate of drug-likeness (QED) is 0.432. The van der Waals surface area contributed by atoms with Crippen LogP contribution in [0.15, 0.2) is 54.6 Å².